The molecule has 0 bridgehead atoms. The van der Waals surface area contributed by atoms with Crippen molar-refractivity contribution < 1.29 is 4.79 Å². The Hall–Kier alpha value is -0.560. The Morgan fingerprint density at radius 2 is 2.35 bits per heavy atom. The highest BCUT2D eigenvalue weighted by molar-refractivity contribution is 7.99. The number of H-pyrrole nitrogens is 1. The summed E-state index contributed by atoms with van der Waals surface area (Å²) in [6, 6.07) is 1.58. The number of thioether (sulfide) groups is 1. The van der Waals surface area contributed by atoms with E-state index in [0.717, 1.165) is 5.82 Å². The van der Waals surface area contributed by atoms with Gasteiger partial charge in [-0.1, -0.05) is 35.0 Å². The zero-order valence-corrected chi connectivity index (χ0v) is 11.8. The quantitative estimate of drug-likeness (QED) is 0.694. The van der Waals surface area contributed by atoms with Crippen molar-refractivity contribution in [3.63, 3.8) is 0 Å². The third kappa shape index (κ3) is 3.22. The van der Waals surface area contributed by atoms with E-state index < -0.39 is 0 Å². The molecule has 0 saturated carbocycles. The van der Waals surface area contributed by atoms with E-state index in [4.69, 9.17) is 23.2 Å². The molecule has 0 spiro atoms. The van der Waals surface area contributed by atoms with Gasteiger partial charge in [-0.2, -0.15) is 0 Å². The largest absolute Gasteiger partial charge is 0.293 e. The second-order valence-electron chi connectivity index (χ2n) is 3.15. The summed E-state index contributed by atoms with van der Waals surface area (Å²) in [6.07, 6.45) is 0. The van der Waals surface area contributed by atoms with Crippen molar-refractivity contribution >= 4 is 52.1 Å². The van der Waals surface area contributed by atoms with Crippen molar-refractivity contribution in [2.75, 3.05) is 5.75 Å². The van der Waals surface area contributed by atoms with E-state index in [1.165, 1.54) is 23.1 Å². The van der Waals surface area contributed by atoms with Crippen LogP contribution in [0.15, 0.2) is 11.2 Å². The number of aryl methyl sites for hydroxylation is 1. The Morgan fingerprint density at radius 3 is 2.88 bits per heavy atom. The maximum Gasteiger partial charge on any atom is 0.208 e. The van der Waals surface area contributed by atoms with Gasteiger partial charge in [0.15, 0.2) is 5.78 Å². The smallest absolute Gasteiger partial charge is 0.208 e. The first kappa shape index (κ1) is 12.9. The topological polar surface area (TPSA) is 58.6 Å². The number of halogens is 2. The number of Topliss-reactive ketones (excluding diaryl/α,β-unsaturated/α-hetero) is 1. The van der Waals surface area contributed by atoms with Crippen molar-refractivity contribution in [2.24, 2.45) is 0 Å². The molecule has 0 amide bonds. The van der Waals surface area contributed by atoms with Crippen LogP contribution in [-0.4, -0.2) is 26.7 Å². The van der Waals surface area contributed by atoms with Crippen LogP contribution in [0.2, 0.25) is 8.67 Å². The Morgan fingerprint density at radius 1 is 1.59 bits per heavy atom. The van der Waals surface area contributed by atoms with Crippen LogP contribution in [0.25, 0.3) is 0 Å². The van der Waals surface area contributed by atoms with Crippen LogP contribution in [0.3, 0.4) is 0 Å². The number of hydrogen-bond acceptors (Lipinski definition) is 5. The van der Waals surface area contributed by atoms with Gasteiger partial charge in [0, 0.05) is 5.56 Å². The Balaban J connectivity index is 2.00. The number of nitrogens with one attached hydrogen (secondary N) is 1. The fourth-order valence-electron chi connectivity index (χ4n) is 1.12. The molecular weight excluding hydrogens is 301 g/mol. The predicted octanol–water partition coefficient (Wildman–Crippen LogP) is 3.46. The zero-order valence-electron chi connectivity index (χ0n) is 8.66. The van der Waals surface area contributed by atoms with Crippen LogP contribution in [0.5, 0.6) is 0 Å². The molecular formula is C9H7Cl2N3OS2. The molecule has 2 aromatic heterocycles. The van der Waals surface area contributed by atoms with Gasteiger partial charge in [-0.3, -0.25) is 9.89 Å². The minimum atomic E-state index is -0.0781. The van der Waals surface area contributed by atoms with Gasteiger partial charge in [-0.15, -0.1) is 16.4 Å². The lowest BCUT2D eigenvalue weighted by molar-refractivity contribution is 0.102. The Kier molecular flexibility index (Phi) is 4.09. The summed E-state index contributed by atoms with van der Waals surface area (Å²) in [4.78, 5) is 15.9. The number of aromatic nitrogens is 3. The summed E-state index contributed by atoms with van der Waals surface area (Å²) in [5.41, 5.74) is 0.460. The molecule has 4 nitrogen and oxygen atoms in total. The van der Waals surface area contributed by atoms with Gasteiger partial charge < -0.3 is 0 Å². The van der Waals surface area contributed by atoms with Gasteiger partial charge in [0.1, 0.15) is 10.2 Å². The second-order valence-corrected chi connectivity index (χ2v) is 6.38. The molecule has 0 aliphatic carbocycles. The highest BCUT2D eigenvalue weighted by atomic mass is 35.5. The van der Waals surface area contributed by atoms with Gasteiger partial charge in [-0.25, -0.2) is 4.98 Å². The lowest BCUT2D eigenvalue weighted by Crippen LogP contribution is -2.01. The summed E-state index contributed by atoms with van der Waals surface area (Å²) in [6.45, 7) is 1.80. The molecule has 90 valence electrons. The van der Waals surface area contributed by atoms with Gasteiger partial charge >= 0.3 is 0 Å². The molecule has 0 aromatic carbocycles. The molecule has 0 unspecified atom stereocenters. The minimum Gasteiger partial charge on any atom is -0.293 e. The highest BCUT2D eigenvalue weighted by Gasteiger charge is 2.15. The number of carbonyl (C=O) groups excluding carboxylic acids is 1. The lowest BCUT2D eigenvalue weighted by atomic mass is 10.2. The van der Waals surface area contributed by atoms with E-state index in [9.17, 15) is 4.79 Å². The summed E-state index contributed by atoms with van der Waals surface area (Å²) in [5, 5.41) is 7.19. The first-order chi connectivity index (χ1) is 8.06. The molecule has 0 aliphatic rings. The molecule has 2 aromatic rings. The van der Waals surface area contributed by atoms with Crippen molar-refractivity contribution in [3.8, 4) is 0 Å². The SMILES string of the molecule is Cc1nc(SCC(=O)c2cc(Cl)sc2Cl)n[nH]1. The summed E-state index contributed by atoms with van der Waals surface area (Å²) >= 11 is 14.1. The van der Waals surface area contributed by atoms with Crippen LogP contribution >= 0.6 is 46.3 Å². The average Bonchev–Trinajstić information content (AvgIpc) is 2.81. The average molecular weight is 308 g/mol. The van der Waals surface area contributed by atoms with E-state index in [-0.39, 0.29) is 11.5 Å². The van der Waals surface area contributed by atoms with E-state index in [0.29, 0.717) is 19.4 Å². The molecule has 0 radical (unpaired) electrons. The van der Waals surface area contributed by atoms with E-state index in [2.05, 4.69) is 15.2 Å². The van der Waals surface area contributed by atoms with Crippen LogP contribution in [0, 0.1) is 6.92 Å². The molecule has 0 atom stereocenters. The maximum absolute atomic E-state index is 11.8. The van der Waals surface area contributed by atoms with Gasteiger partial charge in [0.05, 0.1) is 10.1 Å². The Labute approximate surface area is 116 Å². The number of hydrogen-bond donors (Lipinski definition) is 1. The van der Waals surface area contributed by atoms with Gasteiger partial charge in [0.25, 0.3) is 0 Å². The molecule has 0 saturated heterocycles. The normalized spacial score (nSPS) is 10.8. The second kappa shape index (κ2) is 5.39. The number of nitrogens with zero attached hydrogens (tertiary/aromatic N) is 2. The van der Waals surface area contributed by atoms with Crippen molar-refractivity contribution in [3.05, 3.63) is 26.1 Å². The molecule has 2 heterocycles. The first-order valence-corrected chi connectivity index (χ1v) is 7.12. The third-order valence-corrected chi connectivity index (χ3v) is 4.20. The molecule has 0 aliphatic heterocycles. The molecule has 0 fully saturated rings. The number of carbonyl (C=O) groups is 1. The first-order valence-electron chi connectivity index (χ1n) is 4.56. The lowest BCUT2D eigenvalue weighted by Gasteiger charge is -1.95. The number of rotatable bonds is 4. The molecule has 8 heteroatoms. The standard InChI is InChI=1S/C9H7Cl2N3OS2/c1-4-12-9(14-13-4)16-3-6(15)5-2-7(10)17-8(5)11/h2H,3H2,1H3,(H,12,13,14). The number of thiophene rings is 1. The van der Waals surface area contributed by atoms with Crippen LogP contribution in [-0.2, 0) is 0 Å². The van der Waals surface area contributed by atoms with E-state index >= 15 is 0 Å². The molecule has 17 heavy (non-hydrogen) atoms. The van der Waals surface area contributed by atoms with E-state index in [1.54, 1.807) is 13.0 Å². The molecule has 1 N–H and O–H groups in total. The van der Waals surface area contributed by atoms with Crippen LogP contribution in [0.4, 0.5) is 0 Å². The Bertz CT molecular complexity index is 552. The van der Waals surface area contributed by atoms with Gasteiger partial charge in [0.2, 0.25) is 5.16 Å². The van der Waals surface area contributed by atoms with Crippen molar-refractivity contribution in [1.82, 2.24) is 15.2 Å². The maximum atomic E-state index is 11.8. The summed E-state index contributed by atoms with van der Waals surface area (Å²) in [7, 11) is 0. The fraction of sp³-hybridized carbons (Fsp3) is 0.222. The van der Waals surface area contributed by atoms with Crippen LogP contribution < -0.4 is 0 Å². The zero-order chi connectivity index (χ0) is 12.4. The molecule has 2 rings (SSSR count). The highest BCUT2D eigenvalue weighted by Crippen LogP contribution is 2.32. The summed E-state index contributed by atoms with van der Waals surface area (Å²) in [5.74, 6) is 0.881. The number of aromatic amines is 1. The minimum absolute atomic E-state index is 0.0781. The summed E-state index contributed by atoms with van der Waals surface area (Å²) < 4.78 is 0.934. The third-order valence-electron chi connectivity index (χ3n) is 1.87. The van der Waals surface area contributed by atoms with E-state index in [1.807, 2.05) is 0 Å². The fourth-order valence-corrected chi connectivity index (χ4v) is 3.35. The number of ketones is 1. The van der Waals surface area contributed by atoms with Crippen LogP contribution in [0.1, 0.15) is 16.2 Å². The van der Waals surface area contributed by atoms with Gasteiger partial charge in [-0.05, 0) is 13.0 Å². The predicted molar refractivity (Wildman–Crippen MR) is 70.5 cm³/mol. The van der Waals surface area contributed by atoms with Crippen molar-refractivity contribution in [2.45, 2.75) is 12.1 Å². The monoisotopic (exact) mass is 307 g/mol. The van der Waals surface area contributed by atoms with Crippen molar-refractivity contribution in [1.29, 1.82) is 0 Å².